The summed E-state index contributed by atoms with van der Waals surface area (Å²) in [5.74, 6) is 0. The number of hydrogen-bond donors (Lipinski definition) is 0. The Hall–Kier alpha value is -0.543. The maximum absolute atomic E-state index is 12.4. The molecule has 0 heterocycles. The van der Waals surface area contributed by atoms with Gasteiger partial charge in [0.2, 0.25) is 11.6 Å². The van der Waals surface area contributed by atoms with Gasteiger partial charge in [0.1, 0.15) is 6.04 Å². The summed E-state index contributed by atoms with van der Waals surface area (Å²) >= 11 is 0. The Balaban J connectivity index is 4.20. The predicted octanol–water partition coefficient (Wildman–Crippen LogP) is 0.0590. The molecule has 0 radical (unpaired) electrons. The summed E-state index contributed by atoms with van der Waals surface area (Å²) in [6.45, 7) is 1.57. The standard InChI is InChI=1S/C5H9F2NOSi/c1-2-4(8-3-9)5(6,7)10/h4H,2H2,1,10H3. The van der Waals surface area contributed by atoms with E-state index in [0.29, 0.717) is 0 Å². The number of halogens is 2. The van der Waals surface area contributed by atoms with Crippen molar-refractivity contribution < 1.29 is 13.6 Å². The van der Waals surface area contributed by atoms with E-state index in [1.165, 1.54) is 0 Å². The molecule has 10 heavy (non-hydrogen) atoms. The first-order valence-electron chi connectivity index (χ1n) is 2.97. The number of isocyanates is 1. The molecule has 0 fully saturated rings. The number of aliphatic imine (C=N–C) groups is 1. The molecule has 0 aliphatic rings. The summed E-state index contributed by atoms with van der Waals surface area (Å²) < 4.78 is 24.7. The van der Waals surface area contributed by atoms with Crippen LogP contribution < -0.4 is 0 Å². The average molecular weight is 165 g/mol. The molecular weight excluding hydrogens is 156 g/mol. The lowest BCUT2D eigenvalue weighted by molar-refractivity contribution is 0.0644. The Morgan fingerprint density at radius 3 is 2.40 bits per heavy atom. The number of hydrogen-bond acceptors (Lipinski definition) is 2. The van der Waals surface area contributed by atoms with Crippen LogP contribution in [0.2, 0.25) is 0 Å². The van der Waals surface area contributed by atoms with E-state index in [9.17, 15) is 13.6 Å². The Bertz CT molecular complexity index is 150. The SMILES string of the molecule is CCC(N=C=O)C(F)(F)[SiH3]. The zero-order valence-corrected chi connectivity index (χ0v) is 7.90. The minimum atomic E-state index is -2.77. The van der Waals surface area contributed by atoms with E-state index in [0.717, 1.165) is 6.08 Å². The molecule has 0 saturated heterocycles. The molecule has 0 rings (SSSR count). The van der Waals surface area contributed by atoms with Gasteiger partial charge < -0.3 is 0 Å². The summed E-state index contributed by atoms with van der Waals surface area (Å²) in [7, 11) is -0.271. The number of alkyl halides is 2. The van der Waals surface area contributed by atoms with Gasteiger partial charge in [0.25, 0.3) is 0 Å². The van der Waals surface area contributed by atoms with Crippen molar-refractivity contribution in [3.05, 3.63) is 0 Å². The van der Waals surface area contributed by atoms with Gasteiger partial charge in [-0.1, -0.05) is 6.92 Å². The van der Waals surface area contributed by atoms with Gasteiger partial charge in [-0.25, -0.2) is 13.6 Å². The first kappa shape index (κ1) is 9.46. The molecule has 0 aromatic carbocycles. The van der Waals surface area contributed by atoms with Gasteiger partial charge in [0, 0.05) is 0 Å². The van der Waals surface area contributed by atoms with Crippen molar-refractivity contribution in [2.45, 2.75) is 24.9 Å². The summed E-state index contributed by atoms with van der Waals surface area (Å²) in [6.07, 6.45) is 1.33. The largest absolute Gasteiger partial charge is 0.242 e. The van der Waals surface area contributed by atoms with Crippen molar-refractivity contribution in [1.29, 1.82) is 0 Å². The third-order valence-corrected chi connectivity index (χ3v) is 1.85. The molecule has 5 heteroatoms. The van der Waals surface area contributed by atoms with Crippen LogP contribution in [0.4, 0.5) is 8.78 Å². The van der Waals surface area contributed by atoms with Crippen LogP contribution in [0, 0.1) is 0 Å². The van der Waals surface area contributed by atoms with Crippen molar-refractivity contribution >= 4 is 16.3 Å². The van der Waals surface area contributed by atoms with Gasteiger partial charge in [-0.15, -0.1) is 0 Å². The van der Waals surface area contributed by atoms with Crippen LogP contribution >= 0.6 is 0 Å². The monoisotopic (exact) mass is 165 g/mol. The third-order valence-electron chi connectivity index (χ3n) is 1.18. The Labute approximate surface area is 60.8 Å². The van der Waals surface area contributed by atoms with Crippen LogP contribution in [-0.4, -0.2) is 27.9 Å². The minimum absolute atomic E-state index is 0.186. The summed E-state index contributed by atoms with van der Waals surface area (Å²) in [4.78, 5) is 12.6. The molecule has 58 valence electrons. The fraction of sp³-hybridized carbons (Fsp3) is 0.800. The van der Waals surface area contributed by atoms with Crippen LogP contribution in [0.15, 0.2) is 4.99 Å². The zero-order valence-electron chi connectivity index (χ0n) is 5.90. The zero-order chi connectivity index (χ0) is 8.20. The minimum Gasteiger partial charge on any atom is -0.211 e. The van der Waals surface area contributed by atoms with Gasteiger partial charge in [-0.05, 0) is 6.42 Å². The molecule has 0 aliphatic carbocycles. The normalized spacial score (nSPS) is 14.3. The Morgan fingerprint density at radius 2 is 2.30 bits per heavy atom. The molecule has 2 nitrogen and oxygen atoms in total. The van der Waals surface area contributed by atoms with E-state index in [1.807, 2.05) is 0 Å². The maximum Gasteiger partial charge on any atom is 0.242 e. The van der Waals surface area contributed by atoms with Gasteiger partial charge in [-0.3, -0.25) is 0 Å². The van der Waals surface area contributed by atoms with E-state index in [1.54, 1.807) is 6.92 Å². The molecule has 0 bridgehead atoms. The van der Waals surface area contributed by atoms with E-state index < -0.39 is 11.6 Å². The molecule has 0 N–H and O–H groups in total. The Morgan fingerprint density at radius 1 is 1.80 bits per heavy atom. The van der Waals surface area contributed by atoms with E-state index in [2.05, 4.69) is 4.99 Å². The topological polar surface area (TPSA) is 29.4 Å². The molecule has 0 saturated carbocycles. The lowest BCUT2D eigenvalue weighted by Gasteiger charge is -2.15. The number of carbonyl (C=O) groups excluding carboxylic acids is 1. The van der Waals surface area contributed by atoms with Crippen LogP contribution in [0.3, 0.4) is 0 Å². The maximum atomic E-state index is 12.4. The van der Waals surface area contributed by atoms with E-state index in [4.69, 9.17) is 0 Å². The third kappa shape index (κ3) is 2.84. The smallest absolute Gasteiger partial charge is 0.211 e. The highest BCUT2D eigenvalue weighted by Gasteiger charge is 2.31. The molecule has 0 spiro atoms. The molecule has 0 amide bonds. The second kappa shape index (κ2) is 3.58. The van der Waals surface area contributed by atoms with Crippen LogP contribution in [-0.2, 0) is 4.79 Å². The molecule has 1 unspecified atom stereocenters. The average Bonchev–Trinajstić information content (AvgIpc) is 1.80. The van der Waals surface area contributed by atoms with Crippen molar-refractivity contribution in [3.63, 3.8) is 0 Å². The molecule has 0 aromatic rings. The fourth-order valence-electron chi connectivity index (χ4n) is 0.627. The Kier molecular flexibility index (Phi) is 3.39. The van der Waals surface area contributed by atoms with Crippen molar-refractivity contribution in [3.8, 4) is 0 Å². The first-order valence-corrected chi connectivity index (χ1v) is 3.97. The second-order valence-corrected chi connectivity index (χ2v) is 3.43. The predicted molar refractivity (Wildman–Crippen MR) is 37.1 cm³/mol. The first-order chi connectivity index (χ1) is 4.52. The quantitative estimate of drug-likeness (QED) is 0.330. The summed E-state index contributed by atoms with van der Waals surface area (Å²) in [5.41, 5.74) is -2.77. The van der Waals surface area contributed by atoms with Gasteiger partial charge in [-0.2, -0.15) is 4.99 Å². The molecule has 0 aliphatic heterocycles. The van der Waals surface area contributed by atoms with Crippen LogP contribution in [0.1, 0.15) is 13.3 Å². The van der Waals surface area contributed by atoms with Crippen molar-refractivity contribution in [2.24, 2.45) is 4.99 Å². The number of rotatable bonds is 3. The summed E-state index contributed by atoms with van der Waals surface area (Å²) in [6, 6.07) is -1.16. The fourth-order valence-corrected chi connectivity index (χ4v) is 1.16. The van der Waals surface area contributed by atoms with E-state index >= 15 is 0 Å². The van der Waals surface area contributed by atoms with Crippen LogP contribution in [0.5, 0.6) is 0 Å². The highest BCUT2D eigenvalue weighted by Crippen LogP contribution is 2.18. The van der Waals surface area contributed by atoms with E-state index in [-0.39, 0.29) is 16.7 Å². The second-order valence-electron chi connectivity index (χ2n) is 2.10. The van der Waals surface area contributed by atoms with Gasteiger partial charge in [0.15, 0.2) is 0 Å². The molecular formula is C5H9F2NOSi. The highest BCUT2D eigenvalue weighted by molar-refractivity contribution is 6.13. The van der Waals surface area contributed by atoms with Gasteiger partial charge in [0.05, 0.1) is 10.2 Å². The highest BCUT2D eigenvalue weighted by atomic mass is 28.1. The number of nitrogens with zero attached hydrogens (tertiary/aromatic N) is 1. The van der Waals surface area contributed by atoms with Crippen molar-refractivity contribution in [2.75, 3.05) is 0 Å². The molecule has 1 atom stereocenters. The van der Waals surface area contributed by atoms with Crippen molar-refractivity contribution in [1.82, 2.24) is 0 Å². The molecule has 0 aromatic heterocycles. The van der Waals surface area contributed by atoms with Gasteiger partial charge >= 0.3 is 0 Å². The lowest BCUT2D eigenvalue weighted by Crippen LogP contribution is -2.31. The lowest BCUT2D eigenvalue weighted by atomic mass is 10.2. The summed E-state index contributed by atoms with van der Waals surface area (Å²) in [5, 5.41) is 0. The van der Waals surface area contributed by atoms with Crippen LogP contribution in [0.25, 0.3) is 0 Å².